The normalized spacial score (nSPS) is 19.9. The summed E-state index contributed by atoms with van der Waals surface area (Å²) >= 11 is 0. The number of phenols is 1. The molecule has 0 amide bonds. The van der Waals surface area contributed by atoms with E-state index in [4.69, 9.17) is 14.2 Å². The molecule has 2 heterocycles. The van der Waals surface area contributed by atoms with Gasteiger partial charge in [0.2, 0.25) is 0 Å². The Morgan fingerprint density at radius 1 is 0.882 bits per heavy atom. The number of methoxy groups -OCH3 is 2. The maximum atomic E-state index is 10.3. The Balaban J connectivity index is 1.47. The largest absolute Gasteiger partial charge is 0.508 e. The Morgan fingerprint density at radius 2 is 1.62 bits per heavy atom. The van der Waals surface area contributed by atoms with E-state index < -0.39 is 0 Å². The Kier molecular flexibility index (Phi) is 6.63. The van der Waals surface area contributed by atoms with Gasteiger partial charge in [0.1, 0.15) is 11.5 Å². The Bertz CT molecular complexity index is 1120. The minimum atomic E-state index is 0.0570. The molecule has 2 atom stereocenters. The van der Waals surface area contributed by atoms with Gasteiger partial charge in [-0.1, -0.05) is 30.3 Å². The number of phenolic OH excluding ortho intramolecular Hbond substituents is 1. The quantitative estimate of drug-likeness (QED) is 0.516. The first-order chi connectivity index (χ1) is 16.7. The van der Waals surface area contributed by atoms with E-state index in [2.05, 4.69) is 35.2 Å². The summed E-state index contributed by atoms with van der Waals surface area (Å²) in [5.74, 6) is 2.63. The zero-order valence-electron chi connectivity index (χ0n) is 20.0. The van der Waals surface area contributed by atoms with E-state index in [0.29, 0.717) is 18.1 Å². The number of ether oxygens (including phenoxy) is 3. The second-order valence-electron chi connectivity index (χ2n) is 9.27. The molecule has 1 N–H and O–H groups in total. The molecular weight excluding hydrogens is 426 g/mol. The Hall–Kier alpha value is -3.18. The predicted molar refractivity (Wildman–Crippen MR) is 134 cm³/mol. The van der Waals surface area contributed by atoms with Crippen LogP contribution < -0.4 is 14.2 Å². The smallest absolute Gasteiger partial charge is 0.160 e. The number of fused-ring (bicyclic) bond motifs is 1. The van der Waals surface area contributed by atoms with Crippen LogP contribution >= 0.6 is 0 Å². The summed E-state index contributed by atoms with van der Waals surface area (Å²) in [6, 6.07) is 20.5. The zero-order chi connectivity index (χ0) is 23.5. The van der Waals surface area contributed by atoms with Crippen molar-refractivity contribution < 1.29 is 19.3 Å². The molecule has 178 valence electrons. The molecular formula is C29H33NO4. The molecule has 5 nitrogen and oxygen atoms in total. The van der Waals surface area contributed by atoms with Gasteiger partial charge in [-0.2, -0.15) is 0 Å². The SMILES string of the molecule is COc1ccc([C@H]2COc3ccc(O)cc3[C@H]2c2ccc(CCN3CCCC3)cc2)cc1OC. The lowest BCUT2D eigenvalue weighted by Crippen LogP contribution is -2.25. The van der Waals surface area contributed by atoms with Crippen molar-refractivity contribution in [2.24, 2.45) is 0 Å². The lowest BCUT2D eigenvalue weighted by atomic mass is 9.75. The molecule has 0 radical (unpaired) electrons. The van der Waals surface area contributed by atoms with E-state index in [1.807, 2.05) is 24.3 Å². The number of rotatable bonds is 7. The van der Waals surface area contributed by atoms with Gasteiger partial charge in [-0.3, -0.25) is 0 Å². The summed E-state index contributed by atoms with van der Waals surface area (Å²) < 4.78 is 17.2. The third kappa shape index (κ3) is 4.58. The molecule has 5 rings (SSSR count). The fourth-order valence-corrected chi connectivity index (χ4v) is 5.37. The fourth-order valence-electron chi connectivity index (χ4n) is 5.37. The van der Waals surface area contributed by atoms with Crippen LogP contribution in [-0.4, -0.2) is 50.5 Å². The molecule has 2 aliphatic heterocycles. The van der Waals surface area contributed by atoms with Crippen molar-refractivity contribution in [1.82, 2.24) is 4.90 Å². The number of benzene rings is 3. The summed E-state index contributed by atoms with van der Waals surface area (Å²) in [6.07, 6.45) is 3.73. The van der Waals surface area contributed by atoms with Crippen LogP contribution in [0, 0.1) is 0 Å². The van der Waals surface area contributed by atoms with Gasteiger partial charge >= 0.3 is 0 Å². The molecule has 34 heavy (non-hydrogen) atoms. The molecule has 0 saturated carbocycles. The lowest BCUT2D eigenvalue weighted by molar-refractivity contribution is 0.247. The van der Waals surface area contributed by atoms with Gasteiger partial charge in [-0.15, -0.1) is 0 Å². The fraction of sp³-hybridized carbons (Fsp3) is 0.379. The third-order valence-corrected chi connectivity index (χ3v) is 7.24. The molecule has 0 bridgehead atoms. The van der Waals surface area contributed by atoms with Gasteiger partial charge in [-0.25, -0.2) is 0 Å². The van der Waals surface area contributed by atoms with Gasteiger partial charge in [-0.05, 0) is 79.4 Å². The van der Waals surface area contributed by atoms with Crippen LogP contribution in [0.25, 0.3) is 0 Å². The lowest BCUT2D eigenvalue weighted by Gasteiger charge is -2.35. The van der Waals surface area contributed by atoms with E-state index in [-0.39, 0.29) is 17.6 Å². The van der Waals surface area contributed by atoms with E-state index in [1.165, 1.54) is 37.1 Å². The maximum Gasteiger partial charge on any atom is 0.160 e. The van der Waals surface area contributed by atoms with Crippen LogP contribution in [0.4, 0.5) is 0 Å². The topological polar surface area (TPSA) is 51.2 Å². The van der Waals surface area contributed by atoms with Crippen LogP contribution in [0.3, 0.4) is 0 Å². The highest BCUT2D eigenvalue weighted by molar-refractivity contribution is 5.52. The van der Waals surface area contributed by atoms with Crippen molar-refractivity contribution in [3.8, 4) is 23.0 Å². The van der Waals surface area contributed by atoms with Crippen LogP contribution in [0.1, 0.15) is 46.9 Å². The Morgan fingerprint density at radius 3 is 2.35 bits per heavy atom. The first-order valence-corrected chi connectivity index (χ1v) is 12.1. The van der Waals surface area contributed by atoms with E-state index >= 15 is 0 Å². The van der Waals surface area contributed by atoms with Crippen LogP contribution in [-0.2, 0) is 6.42 Å². The van der Waals surface area contributed by atoms with E-state index in [0.717, 1.165) is 29.8 Å². The molecule has 0 spiro atoms. The monoisotopic (exact) mass is 459 g/mol. The average molecular weight is 460 g/mol. The highest BCUT2D eigenvalue weighted by Crippen LogP contribution is 2.48. The van der Waals surface area contributed by atoms with Gasteiger partial charge in [0.05, 0.1) is 20.8 Å². The zero-order valence-corrected chi connectivity index (χ0v) is 20.0. The van der Waals surface area contributed by atoms with E-state index in [9.17, 15) is 5.11 Å². The highest BCUT2D eigenvalue weighted by Gasteiger charge is 2.34. The van der Waals surface area contributed by atoms with Gasteiger partial charge in [0.25, 0.3) is 0 Å². The maximum absolute atomic E-state index is 10.3. The molecule has 2 aliphatic rings. The average Bonchev–Trinajstić information content (AvgIpc) is 3.40. The van der Waals surface area contributed by atoms with Gasteiger partial charge in [0, 0.05) is 23.9 Å². The molecule has 1 saturated heterocycles. The molecule has 0 unspecified atom stereocenters. The molecule has 3 aromatic rings. The molecule has 0 aliphatic carbocycles. The summed E-state index contributed by atoms with van der Waals surface area (Å²) in [7, 11) is 3.30. The number of nitrogens with zero attached hydrogens (tertiary/aromatic N) is 1. The number of hydrogen-bond acceptors (Lipinski definition) is 5. The molecule has 3 aromatic carbocycles. The first-order valence-electron chi connectivity index (χ1n) is 12.1. The summed E-state index contributed by atoms with van der Waals surface area (Å²) in [5, 5.41) is 10.3. The standard InChI is InChI=1S/C29H33NO4/c1-32-27-11-9-22(17-28(27)33-2)25-19-34-26-12-10-23(31)18-24(26)29(25)21-7-5-20(6-8-21)13-16-30-14-3-4-15-30/h5-12,17-18,25,29,31H,3-4,13-16,19H2,1-2H3/t25-,29-/m1/s1. The molecule has 1 fully saturated rings. The number of hydrogen-bond donors (Lipinski definition) is 1. The second kappa shape index (κ2) is 9.98. The van der Waals surface area contributed by atoms with Crippen molar-refractivity contribution >= 4 is 0 Å². The van der Waals surface area contributed by atoms with Crippen LogP contribution in [0.5, 0.6) is 23.0 Å². The van der Waals surface area contributed by atoms with Crippen molar-refractivity contribution in [1.29, 1.82) is 0 Å². The van der Waals surface area contributed by atoms with Gasteiger partial charge in [0.15, 0.2) is 11.5 Å². The summed E-state index contributed by atoms with van der Waals surface area (Å²) in [6.45, 7) is 4.14. The predicted octanol–water partition coefficient (Wildman–Crippen LogP) is 5.36. The molecule has 0 aromatic heterocycles. The van der Waals surface area contributed by atoms with Gasteiger partial charge < -0.3 is 24.2 Å². The van der Waals surface area contributed by atoms with Crippen LogP contribution in [0.2, 0.25) is 0 Å². The first kappa shape index (κ1) is 22.6. The van der Waals surface area contributed by atoms with Crippen molar-refractivity contribution in [3.05, 3.63) is 82.9 Å². The minimum Gasteiger partial charge on any atom is -0.508 e. The third-order valence-electron chi connectivity index (χ3n) is 7.24. The molecule has 5 heteroatoms. The van der Waals surface area contributed by atoms with Crippen molar-refractivity contribution in [2.45, 2.75) is 31.1 Å². The highest BCUT2D eigenvalue weighted by atomic mass is 16.5. The Labute approximate surface area is 201 Å². The van der Waals surface area contributed by atoms with Crippen molar-refractivity contribution in [2.75, 3.05) is 40.5 Å². The van der Waals surface area contributed by atoms with Crippen LogP contribution in [0.15, 0.2) is 60.7 Å². The second-order valence-corrected chi connectivity index (χ2v) is 9.27. The number of likely N-dealkylation sites (tertiary alicyclic amines) is 1. The summed E-state index contributed by atoms with van der Waals surface area (Å²) in [4.78, 5) is 2.55. The van der Waals surface area contributed by atoms with E-state index in [1.54, 1.807) is 20.3 Å². The summed E-state index contributed by atoms with van der Waals surface area (Å²) in [5.41, 5.74) is 4.71. The van der Waals surface area contributed by atoms with Crippen molar-refractivity contribution in [3.63, 3.8) is 0 Å². The minimum absolute atomic E-state index is 0.0570. The number of aromatic hydroxyl groups is 1.